The van der Waals surface area contributed by atoms with Crippen LogP contribution in [0.1, 0.15) is 23.4 Å². The molecule has 0 radical (unpaired) electrons. The SMILES string of the molecule is C=CCC(NC(=O)CSCc1c(C)noc1C)C(=O)O. The van der Waals surface area contributed by atoms with Gasteiger partial charge in [-0.05, 0) is 20.3 Å². The maximum atomic E-state index is 11.7. The minimum Gasteiger partial charge on any atom is -0.480 e. The number of aliphatic carboxylic acids is 1. The number of amides is 1. The standard InChI is InChI=1S/C13H18N2O4S/c1-4-5-11(13(17)18)14-12(16)7-20-6-10-8(2)15-19-9(10)3/h4,11H,1,5-7H2,2-3H3,(H,14,16)(H,17,18). The van der Waals surface area contributed by atoms with Crippen LogP contribution in [0.4, 0.5) is 0 Å². The Bertz CT molecular complexity index is 479. The number of rotatable bonds is 8. The second-order valence-electron chi connectivity index (χ2n) is 4.28. The van der Waals surface area contributed by atoms with E-state index in [0.29, 0.717) is 5.75 Å². The third-order valence-electron chi connectivity index (χ3n) is 2.70. The number of hydrogen-bond acceptors (Lipinski definition) is 5. The second kappa shape index (κ2) is 7.74. The van der Waals surface area contributed by atoms with Gasteiger partial charge >= 0.3 is 5.97 Å². The summed E-state index contributed by atoms with van der Waals surface area (Å²) in [7, 11) is 0. The Hall–Kier alpha value is -1.76. The molecule has 7 heteroatoms. The zero-order chi connectivity index (χ0) is 15.1. The smallest absolute Gasteiger partial charge is 0.326 e. The zero-order valence-electron chi connectivity index (χ0n) is 11.5. The third kappa shape index (κ3) is 4.73. The average Bonchev–Trinajstić information content (AvgIpc) is 2.69. The molecule has 0 aliphatic rings. The van der Waals surface area contributed by atoms with E-state index in [1.54, 1.807) is 0 Å². The van der Waals surface area contributed by atoms with Crippen molar-refractivity contribution in [1.29, 1.82) is 0 Å². The van der Waals surface area contributed by atoms with E-state index in [1.807, 2.05) is 13.8 Å². The van der Waals surface area contributed by atoms with Crippen molar-refractivity contribution in [2.24, 2.45) is 0 Å². The second-order valence-corrected chi connectivity index (χ2v) is 5.26. The van der Waals surface area contributed by atoms with Crippen molar-refractivity contribution in [2.45, 2.75) is 32.1 Å². The fourth-order valence-corrected chi connectivity index (χ4v) is 2.56. The lowest BCUT2D eigenvalue weighted by Gasteiger charge is -2.12. The lowest BCUT2D eigenvalue weighted by molar-refractivity contribution is -0.141. The van der Waals surface area contributed by atoms with Crippen molar-refractivity contribution < 1.29 is 19.2 Å². The van der Waals surface area contributed by atoms with Gasteiger partial charge in [-0.3, -0.25) is 4.79 Å². The van der Waals surface area contributed by atoms with E-state index < -0.39 is 12.0 Å². The number of nitrogens with one attached hydrogen (secondary N) is 1. The molecule has 1 amide bonds. The number of carbonyl (C=O) groups is 2. The Morgan fingerprint density at radius 3 is 2.75 bits per heavy atom. The largest absolute Gasteiger partial charge is 0.480 e. The predicted octanol–water partition coefficient (Wildman–Crippen LogP) is 1.67. The summed E-state index contributed by atoms with van der Waals surface area (Å²) in [5, 5.41) is 15.2. The molecule has 0 saturated heterocycles. The first-order chi connectivity index (χ1) is 9.45. The van der Waals surface area contributed by atoms with Crippen LogP contribution >= 0.6 is 11.8 Å². The molecule has 1 rings (SSSR count). The number of aromatic nitrogens is 1. The van der Waals surface area contributed by atoms with Gasteiger partial charge in [-0.2, -0.15) is 0 Å². The van der Waals surface area contributed by atoms with Crippen molar-refractivity contribution >= 4 is 23.6 Å². The Kier molecular flexibility index (Phi) is 6.30. The lowest BCUT2D eigenvalue weighted by Crippen LogP contribution is -2.41. The summed E-state index contributed by atoms with van der Waals surface area (Å²) in [5.74, 6) is 0.161. The third-order valence-corrected chi connectivity index (χ3v) is 3.66. The van der Waals surface area contributed by atoms with Gasteiger partial charge in [-0.25, -0.2) is 4.79 Å². The highest BCUT2D eigenvalue weighted by molar-refractivity contribution is 7.99. The molecule has 0 aliphatic heterocycles. The summed E-state index contributed by atoms with van der Waals surface area (Å²) in [6.45, 7) is 7.13. The molecule has 1 aromatic rings. The van der Waals surface area contributed by atoms with E-state index in [4.69, 9.17) is 9.63 Å². The lowest BCUT2D eigenvalue weighted by atomic mass is 10.2. The maximum absolute atomic E-state index is 11.7. The van der Waals surface area contributed by atoms with Crippen LogP contribution < -0.4 is 5.32 Å². The molecule has 0 saturated carbocycles. The molecule has 1 aromatic heterocycles. The van der Waals surface area contributed by atoms with Gasteiger partial charge in [-0.15, -0.1) is 18.3 Å². The first kappa shape index (κ1) is 16.3. The summed E-state index contributed by atoms with van der Waals surface area (Å²) >= 11 is 1.39. The van der Waals surface area contributed by atoms with Gasteiger partial charge in [0.1, 0.15) is 11.8 Å². The number of nitrogens with zero attached hydrogens (tertiary/aromatic N) is 1. The Morgan fingerprint density at radius 2 is 2.25 bits per heavy atom. The highest BCUT2D eigenvalue weighted by Gasteiger charge is 2.18. The fraction of sp³-hybridized carbons (Fsp3) is 0.462. The van der Waals surface area contributed by atoms with E-state index in [-0.39, 0.29) is 18.1 Å². The van der Waals surface area contributed by atoms with E-state index in [9.17, 15) is 9.59 Å². The molecule has 0 spiro atoms. The molecule has 0 aromatic carbocycles. The Labute approximate surface area is 121 Å². The van der Waals surface area contributed by atoms with Crippen molar-refractivity contribution in [3.05, 3.63) is 29.7 Å². The normalized spacial score (nSPS) is 11.9. The molecule has 0 aliphatic carbocycles. The maximum Gasteiger partial charge on any atom is 0.326 e. The van der Waals surface area contributed by atoms with Gasteiger partial charge in [0, 0.05) is 11.3 Å². The quantitative estimate of drug-likeness (QED) is 0.709. The van der Waals surface area contributed by atoms with Gasteiger partial charge < -0.3 is 14.9 Å². The number of thioether (sulfide) groups is 1. The van der Waals surface area contributed by atoms with Crippen LogP contribution in [0, 0.1) is 13.8 Å². The van der Waals surface area contributed by atoms with Crippen molar-refractivity contribution in [1.82, 2.24) is 10.5 Å². The number of carboxylic acid groups (broad SMARTS) is 1. The van der Waals surface area contributed by atoms with Crippen molar-refractivity contribution in [3.8, 4) is 0 Å². The van der Waals surface area contributed by atoms with Crippen LogP contribution in [0.3, 0.4) is 0 Å². The molecule has 110 valence electrons. The first-order valence-corrected chi connectivity index (χ1v) is 7.23. The summed E-state index contributed by atoms with van der Waals surface area (Å²) in [6, 6.07) is -0.917. The van der Waals surface area contributed by atoms with Crippen LogP contribution in [0.5, 0.6) is 0 Å². The highest BCUT2D eigenvalue weighted by Crippen LogP contribution is 2.19. The molecule has 1 atom stereocenters. The fourth-order valence-electron chi connectivity index (χ4n) is 1.58. The number of carbonyl (C=O) groups excluding carboxylic acids is 1. The van der Waals surface area contributed by atoms with Crippen molar-refractivity contribution in [3.63, 3.8) is 0 Å². The Balaban J connectivity index is 2.40. The van der Waals surface area contributed by atoms with E-state index in [0.717, 1.165) is 17.0 Å². The summed E-state index contributed by atoms with van der Waals surface area (Å²) in [6.07, 6.45) is 1.67. The molecule has 1 heterocycles. The average molecular weight is 298 g/mol. The highest BCUT2D eigenvalue weighted by atomic mass is 32.2. The van der Waals surface area contributed by atoms with E-state index in [2.05, 4.69) is 17.1 Å². The number of carboxylic acids is 1. The van der Waals surface area contributed by atoms with Gasteiger partial charge in [0.25, 0.3) is 0 Å². The van der Waals surface area contributed by atoms with Gasteiger partial charge in [0.15, 0.2) is 0 Å². The van der Waals surface area contributed by atoms with Crippen molar-refractivity contribution in [2.75, 3.05) is 5.75 Å². The molecule has 0 fully saturated rings. The topological polar surface area (TPSA) is 92.4 Å². The molecular formula is C13H18N2O4S. The number of hydrogen-bond donors (Lipinski definition) is 2. The van der Waals surface area contributed by atoms with Crippen LogP contribution in [0.15, 0.2) is 17.2 Å². The first-order valence-electron chi connectivity index (χ1n) is 6.08. The Morgan fingerprint density at radius 1 is 1.55 bits per heavy atom. The zero-order valence-corrected chi connectivity index (χ0v) is 12.3. The van der Waals surface area contributed by atoms with Gasteiger partial charge in [0.2, 0.25) is 5.91 Å². The van der Waals surface area contributed by atoms with Crippen LogP contribution in [0.25, 0.3) is 0 Å². The number of aryl methyl sites for hydroxylation is 2. The monoisotopic (exact) mass is 298 g/mol. The molecular weight excluding hydrogens is 280 g/mol. The van der Waals surface area contributed by atoms with Crippen LogP contribution in [-0.2, 0) is 15.3 Å². The summed E-state index contributed by atoms with van der Waals surface area (Å²) in [4.78, 5) is 22.5. The molecule has 0 bridgehead atoms. The van der Waals surface area contributed by atoms with E-state index >= 15 is 0 Å². The summed E-state index contributed by atoms with van der Waals surface area (Å²) in [5.41, 5.74) is 1.79. The van der Waals surface area contributed by atoms with Crippen LogP contribution in [-0.4, -0.2) is 33.9 Å². The van der Waals surface area contributed by atoms with Crippen LogP contribution in [0.2, 0.25) is 0 Å². The van der Waals surface area contributed by atoms with Gasteiger partial charge in [0.05, 0.1) is 11.4 Å². The predicted molar refractivity (Wildman–Crippen MR) is 76.5 cm³/mol. The molecule has 1 unspecified atom stereocenters. The minimum atomic E-state index is -1.06. The van der Waals surface area contributed by atoms with Gasteiger partial charge in [-0.1, -0.05) is 11.2 Å². The minimum absolute atomic E-state index is 0.185. The molecule has 6 nitrogen and oxygen atoms in total. The summed E-state index contributed by atoms with van der Waals surface area (Å²) < 4.78 is 5.03. The molecule has 2 N–H and O–H groups in total. The molecule has 20 heavy (non-hydrogen) atoms. The van der Waals surface area contributed by atoms with E-state index in [1.165, 1.54) is 17.8 Å².